The van der Waals surface area contributed by atoms with Gasteiger partial charge in [-0.05, 0) is 45.6 Å². The summed E-state index contributed by atoms with van der Waals surface area (Å²) >= 11 is 2.13. The number of halogens is 1. The number of hydrogen-bond donors (Lipinski definition) is 1. The molecule has 0 saturated heterocycles. The summed E-state index contributed by atoms with van der Waals surface area (Å²) in [5, 5.41) is 14.2. The first-order chi connectivity index (χ1) is 10.2. The quantitative estimate of drug-likeness (QED) is 0.485. The molecule has 2 aromatic rings. The third-order valence-electron chi connectivity index (χ3n) is 2.60. The van der Waals surface area contributed by atoms with Gasteiger partial charge in [-0.2, -0.15) is 10.1 Å². The number of amides is 1. The van der Waals surface area contributed by atoms with Crippen LogP contribution in [0.15, 0.2) is 58.0 Å². The van der Waals surface area contributed by atoms with Crippen LogP contribution in [0, 0.1) is 0 Å². The van der Waals surface area contributed by atoms with Gasteiger partial charge in [0, 0.05) is 12.4 Å². The summed E-state index contributed by atoms with van der Waals surface area (Å²) in [6.45, 7) is 0. The summed E-state index contributed by atoms with van der Waals surface area (Å²) in [5.41, 5.74) is 2.26. The van der Waals surface area contributed by atoms with E-state index >= 15 is 0 Å². The highest BCUT2D eigenvalue weighted by atomic mass is 127. The lowest BCUT2D eigenvalue weighted by atomic mass is 10.2. The van der Waals surface area contributed by atoms with Gasteiger partial charge in [0.2, 0.25) is 0 Å². The molecule has 1 amide bonds. The highest BCUT2D eigenvalue weighted by Gasteiger charge is 2.12. The zero-order chi connectivity index (χ0) is 15.1. The molecule has 0 bridgehead atoms. The Labute approximate surface area is 135 Å². The molecule has 5 nitrogen and oxygen atoms in total. The molecule has 0 aliphatic heterocycles. The van der Waals surface area contributed by atoms with Crippen molar-refractivity contribution in [3.63, 3.8) is 0 Å². The minimum absolute atomic E-state index is 0.485. The number of anilines is 1. The third kappa shape index (κ3) is 4.38. The summed E-state index contributed by atoms with van der Waals surface area (Å²) < 4.78 is 1.89. The van der Waals surface area contributed by atoms with Crippen LogP contribution in [0.1, 0.15) is 11.1 Å². The van der Waals surface area contributed by atoms with Crippen molar-refractivity contribution < 1.29 is 9.90 Å². The lowest BCUT2D eigenvalue weighted by molar-refractivity contribution is 0.202. The first kappa shape index (κ1) is 15.2. The van der Waals surface area contributed by atoms with Crippen molar-refractivity contribution in [1.82, 2.24) is 4.98 Å². The summed E-state index contributed by atoms with van der Waals surface area (Å²) in [6, 6.07) is 10.6. The molecule has 0 aliphatic carbocycles. The van der Waals surface area contributed by atoms with E-state index in [0.29, 0.717) is 5.69 Å². The second-order valence-electron chi connectivity index (χ2n) is 4.00. The number of aromatic nitrogens is 1. The van der Waals surface area contributed by atoms with Crippen LogP contribution in [0.25, 0.3) is 6.08 Å². The van der Waals surface area contributed by atoms with E-state index in [1.165, 1.54) is 6.21 Å². The molecule has 2 rings (SSSR count). The zero-order valence-corrected chi connectivity index (χ0v) is 13.1. The van der Waals surface area contributed by atoms with Crippen molar-refractivity contribution in [3.05, 3.63) is 64.0 Å². The van der Waals surface area contributed by atoms with Crippen molar-refractivity contribution in [2.75, 3.05) is 5.01 Å². The number of carbonyl (C=O) groups is 1. The molecule has 1 aromatic carbocycles. The van der Waals surface area contributed by atoms with Gasteiger partial charge < -0.3 is 5.11 Å². The van der Waals surface area contributed by atoms with Gasteiger partial charge in [0.05, 0.1) is 11.9 Å². The number of carboxylic acid groups (broad SMARTS) is 1. The minimum atomic E-state index is -1.14. The predicted octanol–water partition coefficient (Wildman–Crippen LogP) is 4.01. The van der Waals surface area contributed by atoms with Crippen LogP contribution in [0.2, 0.25) is 0 Å². The second-order valence-corrected chi connectivity index (χ2v) is 4.72. The highest BCUT2D eigenvalue weighted by Crippen LogP contribution is 2.17. The molecule has 0 spiro atoms. The van der Waals surface area contributed by atoms with E-state index in [4.69, 9.17) is 0 Å². The number of nitrogens with zero attached hydrogens (tertiary/aromatic N) is 3. The standard InChI is InChI=1S/C15H12IN3O2/c16-8-5-12-1-3-14(4-2-12)19(15(20)21)18-11-13-6-9-17-10-7-13/h1-11H,(H,20,21)/b8-5+,18-11-. The molecular weight excluding hydrogens is 381 g/mol. The summed E-state index contributed by atoms with van der Waals surface area (Å²) in [7, 11) is 0. The van der Waals surface area contributed by atoms with Gasteiger partial charge in [-0.25, -0.2) is 4.79 Å². The number of rotatable bonds is 4. The Morgan fingerprint density at radius 1 is 1.14 bits per heavy atom. The molecule has 1 heterocycles. The van der Waals surface area contributed by atoms with E-state index in [2.05, 4.69) is 32.7 Å². The van der Waals surface area contributed by atoms with Gasteiger partial charge in [-0.1, -0.05) is 34.7 Å². The third-order valence-corrected chi connectivity index (χ3v) is 2.96. The Kier molecular flexibility index (Phi) is 5.44. The lowest BCUT2D eigenvalue weighted by Gasteiger charge is -2.13. The predicted molar refractivity (Wildman–Crippen MR) is 91.8 cm³/mol. The van der Waals surface area contributed by atoms with Crippen molar-refractivity contribution >= 4 is 46.7 Å². The number of hydrogen-bond acceptors (Lipinski definition) is 3. The molecular formula is C15H12IN3O2. The van der Waals surface area contributed by atoms with Gasteiger partial charge in [0.1, 0.15) is 0 Å². The van der Waals surface area contributed by atoms with Gasteiger partial charge in [-0.15, -0.1) is 0 Å². The van der Waals surface area contributed by atoms with Gasteiger partial charge in [0.25, 0.3) is 0 Å². The number of benzene rings is 1. The van der Waals surface area contributed by atoms with Gasteiger partial charge >= 0.3 is 6.09 Å². The van der Waals surface area contributed by atoms with Gasteiger partial charge in [-0.3, -0.25) is 4.98 Å². The molecule has 0 saturated carbocycles. The lowest BCUT2D eigenvalue weighted by Crippen LogP contribution is -2.23. The Morgan fingerprint density at radius 2 is 1.81 bits per heavy atom. The van der Waals surface area contributed by atoms with E-state index in [9.17, 15) is 9.90 Å². The average molecular weight is 393 g/mol. The topological polar surface area (TPSA) is 65.8 Å². The molecule has 1 N–H and O–H groups in total. The fraction of sp³-hybridized carbons (Fsp3) is 0. The summed E-state index contributed by atoms with van der Waals surface area (Å²) in [5.74, 6) is 0. The molecule has 0 atom stereocenters. The Morgan fingerprint density at radius 3 is 2.38 bits per heavy atom. The van der Waals surface area contributed by atoms with Crippen LogP contribution in [0.4, 0.5) is 10.5 Å². The maximum Gasteiger partial charge on any atom is 0.432 e. The van der Waals surface area contributed by atoms with E-state index in [-0.39, 0.29) is 0 Å². The minimum Gasteiger partial charge on any atom is -0.463 e. The molecule has 106 valence electrons. The summed E-state index contributed by atoms with van der Waals surface area (Å²) in [4.78, 5) is 15.2. The largest absolute Gasteiger partial charge is 0.463 e. The first-order valence-electron chi connectivity index (χ1n) is 6.04. The smallest absolute Gasteiger partial charge is 0.432 e. The Bertz CT molecular complexity index is 654. The maximum atomic E-state index is 11.3. The fourth-order valence-electron chi connectivity index (χ4n) is 1.60. The molecule has 0 radical (unpaired) electrons. The Hall–Kier alpha value is -2.22. The average Bonchev–Trinajstić information content (AvgIpc) is 2.50. The molecule has 6 heteroatoms. The van der Waals surface area contributed by atoms with E-state index in [1.807, 2.05) is 22.3 Å². The molecule has 0 unspecified atom stereocenters. The van der Waals surface area contributed by atoms with Crippen LogP contribution in [0.5, 0.6) is 0 Å². The number of hydrazone groups is 1. The second kappa shape index (κ2) is 7.53. The van der Waals surface area contributed by atoms with Crippen molar-refractivity contribution in [2.45, 2.75) is 0 Å². The molecule has 21 heavy (non-hydrogen) atoms. The first-order valence-corrected chi connectivity index (χ1v) is 7.29. The Balaban J connectivity index is 2.23. The monoisotopic (exact) mass is 393 g/mol. The molecule has 0 aliphatic rings. The van der Waals surface area contributed by atoms with Crippen LogP contribution in [-0.4, -0.2) is 22.4 Å². The maximum absolute atomic E-state index is 11.3. The van der Waals surface area contributed by atoms with Crippen molar-refractivity contribution in [2.24, 2.45) is 5.10 Å². The van der Waals surface area contributed by atoms with Crippen LogP contribution < -0.4 is 5.01 Å². The molecule has 1 aromatic heterocycles. The number of pyridine rings is 1. The fourth-order valence-corrected chi connectivity index (χ4v) is 2.01. The van der Waals surface area contributed by atoms with Gasteiger partial charge in [0.15, 0.2) is 0 Å². The zero-order valence-electron chi connectivity index (χ0n) is 10.9. The summed E-state index contributed by atoms with van der Waals surface area (Å²) in [6.07, 6.45) is 5.51. The van der Waals surface area contributed by atoms with E-state index in [1.54, 1.807) is 36.7 Å². The van der Waals surface area contributed by atoms with Crippen LogP contribution >= 0.6 is 22.6 Å². The van der Waals surface area contributed by atoms with Crippen molar-refractivity contribution in [3.8, 4) is 0 Å². The highest BCUT2D eigenvalue weighted by molar-refractivity contribution is 14.1. The van der Waals surface area contributed by atoms with E-state index in [0.717, 1.165) is 16.1 Å². The molecule has 0 fully saturated rings. The van der Waals surface area contributed by atoms with E-state index < -0.39 is 6.09 Å². The SMILES string of the molecule is O=C(O)N(/N=C\c1ccncc1)c1ccc(/C=C/I)cc1. The van der Waals surface area contributed by atoms with Crippen molar-refractivity contribution in [1.29, 1.82) is 0 Å². The normalized spacial score (nSPS) is 11.1. The van der Waals surface area contributed by atoms with Crippen LogP contribution in [0.3, 0.4) is 0 Å². The van der Waals surface area contributed by atoms with Crippen LogP contribution in [-0.2, 0) is 0 Å².